The molecule has 4 aromatic rings. The molecule has 0 aliphatic carbocycles. The van der Waals surface area contributed by atoms with Gasteiger partial charge in [-0.3, -0.25) is 4.79 Å². The van der Waals surface area contributed by atoms with Crippen LogP contribution in [-0.4, -0.2) is 37.5 Å². The van der Waals surface area contributed by atoms with Crippen LogP contribution in [0.5, 0.6) is 5.75 Å². The third-order valence-electron chi connectivity index (χ3n) is 4.89. The minimum Gasteiger partial charge on any atom is -0.497 e. The highest BCUT2D eigenvalue weighted by Gasteiger charge is 2.35. The van der Waals surface area contributed by atoms with E-state index in [2.05, 4.69) is 31.0 Å². The van der Waals surface area contributed by atoms with Gasteiger partial charge in [0.05, 0.1) is 12.8 Å². The van der Waals surface area contributed by atoms with E-state index in [0.29, 0.717) is 44.3 Å². The summed E-state index contributed by atoms with van der Waals surface area (Å²) in [6, 6.07) is 11.9. The molecule has 5 rings (SSSR count). The number of benzene rings is 2. The maximum atomic E-state index is 12.7. The predicted octanol–water partition coefficient (Wildman–Crippen LogP) is 3.43. The summed E-state index contributed by atoms with van der Waals surface area (Å²) in [6.07, 6.45) is 0. The van der Waals surface area contributed by atoms with Crippen molar-refractivity contribution >= 4 is 34.8 Å². The third kappa shape index (κ3) is 2.90. The highest BCUT2D eigenvalue weighted by molar-refractivity contribution is 6.35. The Labute approximate surface area is 179 Å². The number of aromatic amines is 1. The van der Waals surface area contributed by atoms with Crippen LogP contribution in [0, 0.1) is 0 Å². The molecule has 0 saturated heterocycles. The predicted molar refractivity (Wildman–Crippen MR) is 112 cm³/mol. The second kappa shape index (κ2) is 7.12. The second-order valence-electron chi connectivity index (χ2n) is 6.56. The number of rotatable bonds is 3. The Morgan fingerprint density at radius 3 is 2.67 bits per heavy atom. The Hall–Kier alpha value is -3.43. The Morgan fingerprint density at radius 2 is 1.93 bits per heavy atom. The molecule has 0 radical (unpaired) electrons. The fourth-order valence-electron chi connectivity index (χ4n) is 3.52. The van der Waals surface area contributed by atoms with Crippen molar-refractivity contribution in [2.24, 2.45) is 0 Å². The summed E-state index contributed by atoms with van der Waals surface area (Å²) in [7, 11) is 1.59. The van der Waals surface area contributed by atoms with Crippen molar-refractivity contribution in [1.29, 1.82) is 0 Å². The molecule has 0 amide bonds. The Bertz CT molecular complexity index is 1320. The first-order valence-corrected chi connectivity index (χ1v) is 9.59. The number of fused-ring (bicyclic) bond motifs is 2. The highest BCUT2D eigenvalue weighted by Crippen LogP contribution is 2.43. The van der Waals surface area contributed by atoms with E-state index in [1.54, 1.807) is 30.0 Å². The number of halogens is 2. The van der Waals surface area contributed by atoms with Crippen LogP contribution in [0.1, 0.15) is 17.2 Å². The number of hydrogen-bond donors (Lipinski definition) is 2. The molecule has 0 unspecified atom stereocenters. The Morgan fingerprint density at radius 1 is 1.13 bits per heavy atom. The lowest BCUT2D eigenvalue weighted by Gasteiger charge is -2.28. The molecule has 1 aliphatic rings. The summed E-state index contributed by atoms with van der Waals surface area (Å²) in [6.45, 7) is 0. The summed E-state index contributed by atoms with van der Waals surface area (Å²) in [5, 5.41) is 22.6. The van der Waals surface area contributed by atoms with Gasteiger partial charge in [-0.1, -0.05) is 34.4 Å². The van der Waals surface area contributed by atoms with Crippen molar-refractivity contribution in [3.05, 3.63) is 74.0 Å². The molecule has 2 aromatic heterocycles. The molecular weight excluding hydrogens is 429 g/mol. The Balaban J connectivity index is 1.80. The van der Waals surface area contributed by atoms with Crippen LogP contribution in [0.4, 0.5) is 11.6 Å². The maximum absolute atomic E-state index is 12.7. The molecule has 2 N–H and O–H groups in total. The zero-order valence-corrected chi connectivity index (χ0v) is 16.9. The largest absolute Gasteiger partial charge is 0.497 e. The summed E-state index contributed by atoms with van der Waals surface area (Å²) in [4.78, 5) is 12.7. The van der Waals surface area contributed by atoms with Crippen molar-refractivity contribution in [1.82, 2.24) is 30.4 Å². The van der Waals surface area contributed by atoms with Crippen molar-refractivity contribution in [2.45, 2.75) is 6.04 Å². The van der Waals surface area contributed by atoms with Gasteiger partial charge in [-0.05, 0) is 46.8 Å². The molecule has 9 nitrogen and oxygen atoms in total. The number of H-pyrrole nitrogens is 1. The minimum absolute atomic E-state index is 0.300. The molecule has 1 aliphatic heterocycles. The molecule has 0 spiro atoms. The van der Waals surface area contributed by atoms with Crippen LogP contribution in [0.25, 0.3) is 11.3 Å². The summed E-state index contributed by atoms with van der Waals surface area (Å²) < 4.78 is 6.80. The van der Waals surface area contributed by atoms with Gasteiger partial charge >= 0.3 is 0 Å². The average Bonchev–Trinajstić information content (AvgIpc) is 3.22. The van der Waals surface area contributed by atoms with Crippen LogP contribution in [-0.2, 0) is 0 Å². The molecule has 0 saturated carbocycles. The quantitative estimate of drug-likeness (QED) is 0.441. The van der Waals surface area contributed by atoms with Crippen molar-refractivity contribution in [3.63, 3.8) is 0 Å². The van der Waals surface area contributed by atoms with Crippen LogP contribution < -0.4 is 15.6 Å². The maximum Gasteiger partial charge on any atom is 0.288 e. The van der Waals surface area contributed by atoms with Gasteiger partial charge in [-0.15, -0.1) is 0 Å². The van der Waals surface area contributed by atoms with E-state index in [1.807, 2.05) is 24.3 Å². The SMILES string of the molecule is COc1ccc(-c2n[nH]c(=O)c3c2[C@@H](c2ccc(Cl)cc2Cl)n2nnnc2N3)cc1. The molecule has 1 atom stereocenters. The molecule has 3 heterocycles. The number of ether oxygens (including phenoxy) is 1. The van der Waals surface area contributed by atoms with Crippen LogP contribution in [0.2, 0.25) is 10.0 Å². The smallest absolute Gasteiger partial charge is 0.288 e. The van der Waals surface area contributed by atoms with E-state index in [1.165, 1.54) is 0 Å². The van der Waals surface area contributed by atoms with E-state index >= 15 is 0 Å². The lowest BCUT2D eigenvalue weighted by molar-refractivity contribution is 0.415. The topological polar surface area (TPSA) is 111 Å². The highest BCUT2D eigenvalue weighted by atomic mass is 35.5. The van der Waals surface area contributed by atoms with Crippen LogP contribution >= 0.6 is 23.2 Å². The fraction of sp³-hybridized carbons (Fsp3) is 0.105. The average molecular weight is 442 g/mol. The van der Waals surface area contributed by atoms with Gasteiger partial charge in [-0.2, -0.15) is 9.78 Å². The zero-order valence-electron chi connectivity index (χ0n) is 15.4. The Kier molecular flexibility index (Phi) is 4.41. The number of hydrogen-bond acceptors (Lipinski definition) is 7. The number of nitrogens with one attached hydrogen (secondary N) is 2. The fourth-order valence-corrected chi connectivity index (χ4v) is 4.03. The molecule has 0 bridgehead atoms. The second-order valence-corrected chi connectivity index (χ2v) is 7.40. The summed E-state index contributed by atoms with van der Waals surface area (Å²) in [5.74, 6) is 1.02. The number of nitrogens with zero attached hydrogens (tertiary/aromatic N) is 5. The lowest BCUT2D eigenvalue weighted by atomic mass is 9.92. The van der Waals surface area contributed by atoms with Crippen LogP contribution in [0.3, 0.4) is 0 Å². The van der Waals surface area contributed by atoms with E-state index in [9.17, 15) is 4.79 Å². The zero-order chi connectivity index (χ0) is 20.8. The van der Waals surface area contributed by atoms with Crippen molar-refractivity contribution < 1.29 is 4.74 Å². The van der Waals surface area contributed by atoms with Crippen molar-refractivity contribution in [3.8, 4) is 17.0 Å². The first kappa shape index (κ1) is 18.6. The van der Waals surface area contributed by atoms with Gasteiger partial charge in [0.2, 0.25) is 5.95 Å². The van der Waals surface area contributed by atoms with E-state index in [-0.39, 0.29) is 0 Å². The first-order valence-electron chi connectivity index (χ1n) is 8.83. The molecule has 30 heavy (non-hydrogen) atoms. The van der Waals surface area contributed by atoms with Gasteiger partial charge in [0.15, 0.2) is 0 Å². The number of methoxy groups -OCH3 is 1. The number of aromatic nitrogens is 6. The molecule has 11 heteroatoms. The minimum atomic E-state index is -0.595. The van der Waals surface area contributed by atoms with Gasteiger partial charge in [-0.25, -0.2) is 5.10 Å². The first-order chi connectivity index (χ1) is 14.6. The van der Waals surface area contributed by atoms with E-state index in [4.69, 9.17) is 27.9 Å². The number of tetrazole rings is 1. The van der Waals surface area contributed by atoms with Gasteiger partial charge in [0.25, 0.3) is 5.56 Å². The lowest BCUT2D eigenvalue weighted by Crippen LogP contribution is -2.29. The van der Waals surface area contributed by atoms with Gasteiger partial charge in [0.1, 0.15) is 17.5 Å². The molecule has 150 valence electrons. The molecular formula is C19H13Cl2N7O2. The third-order valence-corrected chi connectivity index (χ3v) is 5.45. The summed E-state index contributed by atoms with van der Waals surface area (Å²) in [5.41, 5.74) is 2.50. The number of anilines is 2. The van der Waals surface area contributed by atoms with Crippen LogP contribution in [0.15, 0.2) is 47.3 Å². The van der Waals surface area contributed by atoms with E-state index in [0.717, 1.165) is 5.56 Å². The van der Waals surface area contributed by atoms with E-state index < -0.39 is 11.6 Å². The normalized spacial score (nSPS) is 14.6. The van der Waals surface area contributed by atoms with Crippen molar-refractivity contribution in [2.75, 3.05) is 12.4 Å². The van der Waals surface area contributed by atoms with Gasteiger partial charge in [0, 0.05) is 26.7 Å². The van der Waals surface area contributed by atoms with Gasteiger partial charge < -0.3 is 10.1 Å². The standard InChI is InChI=1S/C19H13Cl2N7O2/c1-30-11-5-2-9(3-6-11)15-14-16(18(29)24-23-15)22-19-25-26-27-28(19)17(14)12-7-4-10(20)8-13(12)21/h2-8,17H,1H3,(H,24,29)(H,22,25,27)/t17-/m1/s1. The monoisotopic (exact) mass is 441 g/mol. The molecule has 0 fully saturated rings. The summed E-state index contributed by atoms with van der Waals surface area (Å²) >= 11 is 12.6. The molecule has 2 aromatic carbocycles.